The Labute approximate surface area is 69.7 Å². The Kier molecular flexibility index (Phi) is 10.2. The van der Waals surface area contributed by atoms with Gasteiger partial charge in [-0.25, -0.2) is 0 Å². The number of nitrogens with zero attached hydrogens (tertiary/aromatic N) is 2. The summed E-state index contributed by atoms with van der Waals surface area (Å²) in [7, 11) is 0. The van der Waals surface area contributed by atoms with Gasteiger partial charge >= 0.3 is 23.1 Å². The molecule has 0 aromatic heterocycles. The second-order valence-electron chi connectivity index (χ2n) is 0.928. The van der Waals surface area contributed by atoms with Crippen LogP contribution in [0.15, 0.2) is 4.99 Å². The number of aliphatic imine (C=N–C) groups is 1. The van der Waals surface area contributed by atoms with E-state index in [9.17, 15) is 0 Å². The van der Waals surface area contributed by atoms with Crippen LogP contribution in [0.25, 0.3) is 5.32 Å². The van der Waals surface area contributed by atoms with Gasteiger partial charge in [0.05, 0.1) is 0 Å². The Balaban J connectivity index is 0. The van der Waals surface area contributed by atoms with Crippen molar-refractivity contribution < 1.29 is 17.0 Å². The molecular formula is C3H5BrMgN2. The molecule has 0 aromatic carbocycles. The third-order valence-electron chi connectivity index (χ3n) is 0.521. The van der Waals surface area contributed by atoms with Crippen molar-refractivity contribution >= 4 is 29.4 Å². The number of rotatable bonds is 0. The molecule has 1 aliphatic rings. The third-order valence-corrected chi connectivity index (χ3v) is 0.521. The fraction of sp³-hybridized carbons (Fsp3) is 0.667. The van der Waals surface area contributed by atoms with E-state index in [0.717, 1.165) is 13.1 Å². The second kappa shape index (κ2) is 6.72. The standard InChI is InChI=1S/C3H5N2.BrH.Mg/c1-2-5-3-4-1;;/h3H,1-2H2;1H;/q-1;;+2/p-1. The van der Waals surface area contributed by atoms with Crippen LogP contribution >= 0.6 is 0 Å². The normalized spacial score (nSPS) is 13.7. The van der Waals surface area contributed by atoms with Crippen molar-refractivity contribution in [1.29, 1.82) is 0 Å². The predicted molar refractivity (Wildman–Crippen MR) is 27.3 cm³/mol. The maximum Gasteiger partial charge on any atom is 2.00 e. The average Bonchev–Trinajstić information content (AvgIpc) is 1.76. The Morgan fingerprint density at radius 2 is 2.29 bits per heavy atom. The average molecular weight is 173 g/mol. The van der Waals surface area contributed by atoms with Crippen molar-refractivity contribution in [2.24, 2.45) is 4.99 Å². The van der Waals surface area contributed by atoms with Gasteiger partial charge in [0.2, 0.25) is 0 Å². The molecule has 0 amide bonds. The van der Waals surface area contributed by atoms with Crippen LogP contribution in [0.2, 0.25) is 0 Å². The largest absolute Gasteiger partial charge is 2.00 e. The molecule has 0 aliphatic carbocycles. The zero-order chi connectivity index (χ0) is 3.54. The van der Waals surface area contributed by atoms with Crippen LogP contribution in [0.5, 0.6) is 0 Å². The molecule has 0 saturated carbocycles. The molecule has 0 atom stereocenters. The zero-order valence-electron chi connectivity index (χ0n) is 3.97. The van der Waals surface area contributed by atoms with Crippen LogP contribution < -0.4 is 17.0 Å². The molecular weight excluding hydrogens is 168 g/mol. The smallest absolute Gasteiger partial charge is 1.00 e. The van der Waals surface area contributed by atoms with E-state index in [1.807, 2.05) is 0 Å². The van der Waals surface area contributed by atoms with Crippen LogP contribution in [0.4, 0.5) is 0 Å². The van der Waals surface area contributed by atoms with Gasteiger partial charge in [0.15, 0.2) is 0 Å². The molecule has 2 nitrogen and oxygen atoms in total. The van der Waals surface area contributed by atoms with Crippen molar-refractivity contribution in [3.05, 3.63) is 5.32 Å². The summed E-state index contributed by atoms with van der Waals surface area (Å²) in [5.74, 6) is 0. The summed E-state index contributed by atoms with van der Waals surface area (Å²) in [6.45, 7) is 1.81. The summed E-state index contributed by atoms with van der Waals surface area (Å²) >= 11 is 0. The Morgan fingerprint density at radius 3 is 2.43 bits per heavy atom. The van der Waals surface area contributed by atoms with Crippen molar-refractivity contribution in [1.82, 2.24) is 0 Å². The van der Waals surface area contributed by atoms with Crippen molar-refractivity contribution in [2.45, 2.75) is 0 Å². The summed E-state index contributed by atoms with van der Waals surface area (Å²) in [6.07, 6.45) is 1.61. The van der Waals surface area contributed by atoms with E-state index >= 15 is 0 Å². The van der Waals surface area contributed by atoms with E-state index < -0.39 is 0 Å². The van der Waals surface area contributed by atoms with Gasteiger partial charge in [-0.15, -0.1) is 6.34 Å². The number of hydrogen-bond acceptors (Lipinski definition) is 1. The molecule has 0 aromatic rings. The molecule has 7 heavy (non-hydrogen) atoms. The van der Waals surface area contributed by atoms with Gasteiger partial charge in [-0.2, -0.15) is 0 Å². The molecule has 0 saturated heterocycles. The minimum Gasteiger partial charge on any atom is -1.00 e. The van der Waals surface area contributed by atoms with Gasteiger partial charge in [0.1, 0.15) is 0 Å². The molecule has 0 unspecified atom stereocenters. The fourth-order valence-corrected chi connectivity index (χ4v) is 0.289. The molecule has 4 heteroatoms. The van der Waals surface area contributed by atoms with Crippen LogP contribution in [0.1, 0.15) is 0 Å². The van der Waals surface area contributed by atoms with E-state index in [1.54, 1.807) is 6.34 Å². The summed E-state index contributed by atoms with van der Waals surface area (Å²) in [5, 5.41) is 3.79. The van der Waals surface area contributed by atoms with Crippen molar-refractivity contribution in [3.8, 4) is 0 Å². The molecule has 0 N–H and O–H groups in total. The quantitative estimate of drug-likeness (QED) is 0.350. The second-order valence-corrected chi connectivity index (χ2v) is 0.928. The third kappa shape index (κ3) is 4.57. The van der Waals surface area contributed by atoms with Crippen LogP contribution in [-0.4, -0.2) is 42.5 Å². The first kappa shape index (κ1) is 10.7. The first-order valence-electron chi connectivity index (χ1n) is 1.65. The molecule has 0 spiro atoms. The van der Waals surface area contributed by atoms with Crippen LogP contribution in [0, 0.1) is 0 Å². The molecule has 0 radical (unpaired) electrons. The van der Waals surface area contributed by atoms with Gasteiger partial charge < -0.3 is 27.3 Å². The van der Waals surface area contributed by atoms with Crippen molar-refractivity contribution in [2.75, 3.05) is 13.1 Å². The van der Waals surface area contributed by atoms with Crippen LogP contribution in [-0.2, 0) is 0 Å². The summed E-state index contributed by atoms with van der Waals surface area (Å²) in [4.78, 5) is 3.79. The zero-order valence-corrected chi connectivity index (χ0v) is 6.97. The summed E-state index contributed by atoms with van der Waals surface area (Å²) in [6, 6.07) is 0. The molecule has 1 rings (SSSR count). The maximum absolute atomic E-state index is 3.79. The summed E-state index contributed by atoms with van der Waals surface area (Å²) < 4.78 is 0. The fourth-order valence-electron chi connectivity index (χ4n) is 0.289. The molecule has 1 aliphatic heterocycles. The van der Waals surface area contributed by atoms with Gasteiger partial charge in [-0.05, 0) is 0 Å². The minimum atomic E-state index is 0. The van der Waals surface area contributed by atoms with Gasteiger partial charge in [-0.1, -0.05) is 13.1 Å². The van der Waals surface area contributed by atoms with Gasteiger partial charge in [0, 0.05) is 0 Å². The molecule has 0 fully saturated rings. The first-order valence-corrected chi connectivity index (χ1v) is 1.65. The summed E-state index contributed by atoms with van der Waals surface area (Å²) in [5.41, 5.74) is 0. The molecule has 36 valence electrons. The molecule has 0 bridgehead atoms. The Morgan fingerprint density at radius 1 is 1.57 bits per heavy atom. The van der Waals surface area contributed by atoms with Crippen molar-refractivity contribution in [3.63, 3.8) is 0 Å². The van der Waals surface area contributed by atoms with E-state index in [4.69, 9.17) is 0 Å². The predicted octanol–water partition coefficient (Wildman–Crippen LogP) is -2.97. The van der Waals surface area contributed by atoms with E-state index in [2.05, 4.69) is 10.3 Å². The van der Waals surface area contributed by atoms with E-state index in [1.165, 1.54) is 0 Å². The monoisotopic (exact) mass is 172 g/mol. The maximum atomic E-state index is 3.79. The van der Waals surface area contributed by atoms with Crippen LogP contribution in [0.3, 0.4) is 0 Å². The Hall–Kier alpha value is 0.716. The topological polar surface area (TPSA) is 26.5 Å². The van der Waals surface area contributed by atoms with Gasteiger partial charge in [0.25, 0.3) is 0 Å². The minimum absolute atomic E-state index is 0. The number of hydrogen-bond donors (Lipinski definition) is 0. The molecule has 1 heterocycles. The van der Waals surface area contributed by atoms with E-state index in [-0.39, 0.29) is 40.0 Å². The first-order chi connectivity index (χ1) is 2.50. The Bertz CT molecular complexity index is 50.9. The van der Waals surface area contributed by atoms with Gasteiger partial charge in [-0.3, -0.25) is 0 Å². The number of halogens is 1. The SMILES string of the molecule is C1=NCC[N-]1.[Br-].[Mg+2]. The van der Waals surface area contributed by atoms with E-state index in [0.29, 0.717) is 0 Å².